The number of likely N-dealkylation sites (N-methyl/N-ethyl adjacent to an activating group) is 1. The number of anilines is 1. The topological polar surface area (TPSA) is 102 Å². The molecule has 0 N–H and O–H groups in total. The van der Waals surface area contributed by atoms with Crippen molar-refractivity contribution in [2.75, 3.05) is 38.7 Å². The van der Waals surface area contributed by atoms with Crippen molar-refractivity contribution in [2.45, 2.75) is 6.92 Å². The Labute approximate surface area is 177 Å². The third-order valence-electron chi connectivity index (χ3n) is 3.89. The minimum absolute atomic E-state index is 0. The summed E-state index contributed by atoms with van der Waals surface area (Å²) in [6, 6.07) is 8.03. The first-order valence-electron chi connectivity index (χ1n) is 8.63. The summed E-state index contributed by atoms with van der Waals surface area (Å²) in [5.74, 6) is -0.307. The number of benzene rings is 1. The van der Waals surface area contributed by atoms with Crippen LogP contribution in [0, 0.1) is 10.1 Å². The summed E-state index contributed by atoms with van der Waals surface area (Å²) in [4.78, 5) is 31.1. The number of ether oxygens (including phenoxy) is 1. The van der Waals surface area contributed by atoms with Crippen LogP contribution in [0.3, 0.4) is 0 Å². The second kappa shape index (κ2) is 9.68. The van der Waals surface area contributed by atoms with E-state index in [1.807, 2.05) is 44.1 Å². The molecule has 0 bridgehead atoms. The molecule has 1 aromatic carbocycles. The smallest absolute Gasteiger partial charge is 0.433 e. The Hall–Kier alpha value is -2.69. The van der Waals surface area contributed by atoms with Crippen molar-refractivity contribution in [1.82, 2.24) is 9.88 Å². The van der Waals surface area contributed by atoms with Gasteiger partial charge in [0.15, 0.2) is 10.9 Å². The van der Waals surface area contributed by atoms with Crippen LogP contribution >= 0.6 is 23.7 Å². The number of halogens is 1. The molecule has 0 atom stereocenters. The molecule has 0 aliphatic rings. The van der Waals surface area contributed by atoms with Crippen LogP contribution < -0.4 is 9.64 Å². The highest BCUT2D eigenvalue weighted by Crippen LogP contribution is 2.32. The fraction of sp³-hybridized carbons (Fsp3) is 0.333. The van der Waals surface area contributed by atoms with Crippen molar-refractivity contribution in [3.8, 4) is 5.75 Å². The Bertz CT molecular complexity index is 1000. The molecule has 3 rings (SSSR count). The molecule has 0 radical (unpaired) electrons. The van der Waals surface area contributed by atoms with Gasteiger partial charge in [-0.3, -0.25) is 19.8 Å². The van der Waals surface area contributed by atoms with Gasteiger partial charge < -0.3 is 14.1 Å². The number of furan rings is 1. The van der Waals surface area contributed by atoms with Crippen molar-refractivity contribution in [3.05, 3.63) is 46.2 Å². The molecule has 2 heterocycles. The number of hydrogen-bond donors (Lipinski definition) is 0. The number of carbonyl (C=O) groups is 1. The molecular weight excluding hydrogens is 420 g/mol. The average Bonchev–Trinajstić information content (AvgIpc) is 3.28. The minimum atomic E-state index is -0.673. The quantitative estimate of drug-likeness (QED) is 0.387. The Kier molecular flexibility index (Phi) is 7.54. The van der Waals surface area contributed by atoms with E-state index in [2.05, 4.69) is 4.98 Å². The first-order valence-corrected chi connectivity index (χ1v) is 9.45. The van der Waals surface area contributed by atoms with Crippen LogP contribution in [0.15, 0.2) is 34.7 Å². The summed E-state index contributed by atoms with van der Waals surface area (Å²) in [5.41, 5.74) is 0.747. The van der Waals surface area contributed by atoms with Gasteiger partial charge in [0.05, 0.1) is 22.9 Å². The standard InChI is InChI=1S/C18H20N4O5S.ClH/c1-4-26-12-5-6-13-15(11-12)28-18(19-13)21(10-9-20(2)3)17(23)14-7-8-16(27-14)22(24)25;/h5-8,11H,4,9-10H2,1-3H3;1H. The molecule has 0 saturated carbocycles. The average molecular weight is 441 g/mol. The normalized spacial score (nSPS) is 10.8. The van der Waals surface area contributed by atoms with Crippen LogP contribution in [0.2, 0.25) is 0 Å². The zero-order chi connectivity index (χ0) is 20.3. The maximum absolute atomic E-state index is 13.0. The second-order valence-electron chi connectivity index (χ2n) is 6.21. The summed E-state index contributed by atoms with van der Waals surface area (Å²) >= 11 is 1.35. The highest BCUT2D eigenvalue weighted by molar-refractivity contribution is 7.22. The van der Waals surface area contributed by atoms with Crippen molar-refractivity contribution >= 4 is 50.9 Å². The molecule has 0 saturated heterocycles. The number of rotatable bonds is 8. The highest BCUT2D eigenvalue weighted by Gasteiger charge is 2.26. The van der Waals surface area contributed by atoms with Crippen LogP contribution in [0.5, 0.6) is 5.75 Å². The lowest BCUT2D eigenvalue weighted by atomic mass is 10.3. The second-order valence-corrected chi connectivity index (χ2v) is 7.22. The highest BCUT2D eigenvalue weighted by atomic mass is 35.5. The van der Waals surface area contributed by atoms with E-state index in [1.54, 1.807) is 0 Å². The van der Waals surface area contributed by atoms with E-state index >= 15 is 0 Å². The molecule has 2 aromatic heterocycles. The third kappa shape index (κ3) is 5.22. The number of fused-ring (bicyclic) bond motifs is 1. The van der Waals surface area contributed by atoms with E-state index in [-0.39, 0.29) is 18.2 Å². The summed E-state index contributed by atoms with van der Waals surface area (Å²) in [7, 11) is 3.79. The van der Waals surface area contributed by atoms with E-state index in [4.69, 9.17) is 9.15 Å². The largest absolute Gasteiger partial charge is 0.494 e. The van der Waals surface area contributed by atoms with Gasteiger partial charge in [-0.15, -0.1) is 12.4 Å². The van der Waals surface area contributed by atoms with Crippen molar-refractivity contribution in [3.63, 3.8) is 0 Å². The van der Waals surface area contributed by atoms with Crippen LogP contribution in [-0.4, -0.2) is 54.5 Å². The zero-order valence-electron chi connectivity index (χ0n) is 16.2. The van der Waals surface area contributed by atoms with Gasteiger partial charge in [-0.1, -0.05) is 11.3 Å². The lowest BCUT2D eigenvalue weighted by Gasteiger charge is -2.20. The molecule has 3 aromatic rings. The number of nitro groups is 1. The molecule has 0 aliphatic heterocycles. The number of thiazole rings is 1. The summed E-state index contributed by atoms with van der Waals surface area (Å²) < 4.78 is 11.5. The molecule has 156 valence electrons. The van der Waals surface area contributed by atoms with Gasteiger partial charge in [0.25, 0.3) is 5.91 Å². The lowest BCUT2D eigenvalue weighted by Crippen LogP contribution is -2.36. The van der Waals surface area contributed by atoms with Gasteiger partial charge in [-0.25, -0.2) is 4.98 Å². The molecule has 0 fully saturated rings. The maximum atomic E-state index is 13.0. The Balaban J connectivity index is 0.00000300. The molecular formula is C18H21ClN4O5S. The van der Waals surface area contributed by atoms with E-state index in [9.17, 15) is 14.9 Å². The number of carbonyl (C=O) groups excluding carboxylic acids is 1. The number of amides is 1. The molecule has 0 aliphatic carbocycles. The zero-order valence-corrected chi connectivity index (χ0v) is 17.8. The first kappa shape index (κ1) is 22.6. The first-order chi connectivity index (χ1) is 13.4. The predicted molar refractivity (Wildman–Crippen MR) is 114 cm³/mol. The Morgan fingerprint density at radius 3 is 2.66 bits per heavy atom. The third-order valence-corrected chi connectivity index (χ3v) is 4.93. The van der Waals surface area contributed by atoms with Crippen molar-refractivity contribution in [2.24, 2.45) is 0 Å². The van der Waals surface area contributed by atoms with E-state index in [0.29, 0.717) is 24.8 Å². The summed E-state index contributed by atoms with van der Waals surface area (Å²) in [6.45, 7) is 3.42. The van der Waals surface area contributed by atoms with Gasteiger partial charge in [0, 0.05) is 13.1 Å². The van der Waals surface area contributed by atoms with Crippen LogP contribution in [0.4, 0.5) is 11.0 Å². The Morgan fingerprint density at radius 1 is 1.28 bits per heavy atom. The number of nitrogens with zero attached hydrogens (tertiary/aromatic N) is 4. The van der Waals surface area contributed by atoms with E-state index in [0.717, 1.165) is 16.0 Å². The lowest BCUT2D eigenvalue weighted by molar-refractivity contribution is -0.402. The van der Waals surface area contributed by atoms with Crippen LogP contribution in [-0.2, 0) is 0 Å². The molecule has 29 heavy (non-hydrogen) atoms. The number of hydrogen-bond acceptors (Lipinski definition) is 8. The SMILES string of the molecule is CCOc1ccc2nc(N(CCN(C)C)C(=O)c3ccc([N+](=O)[O-])o3)sc2c1.Cl. The maximum Gasteiger partial charge on any atom is 0.433 e. The van der Waals surface area contributed by atoms with Crippen molar-refractivity contribution in [1.29, 1.82) is 0 Å². The van der Waals surface area contributed by atoms with E-state index in [1.165, 1.54) is 28.4 Å². The molecule has 0 unspecified atom stereocenters. The van der Waals surface area contributed by atoms with Gasteiger partial charge >= 0.3 is 5.88 Å². The monoisotopic (exact) mass is 440 g/mol. The minimum Gasteiger partial charge on any atom is -0.494 e. The molecule has 1 amide bonds. The molecule has 9 nitrogen and oxygen atoms in total. The van der Waals surface area contributed by atoms with Gasteiger partial charge in [-0.2, -0.15) is 0 Å². The molecule has 0 spiro atoms. The predicted octanol–water partition coefficient (Wildman–Crippen LogP) is 3.83. The van der Waals surface area contributed by atoms with Crippen LogP contribution in [0.25, 0.3) is 10.2 Å². The fourth-order valence-corrected chi connectivity index (χ4v) is 3.54. The van der Waals surface area contributed by atoms with Gasteiger partial charge in [0.2, 0.25) is 0 Å². The van der Waals surface area contributed by atoms with Crippen molar-refractivity contribution < 1.29 is 18.9 Å². The van der Waals surface area contributed by atoms with Crippen LogP contribution in [0.1, 0.15) is 17.5 Å². The fourth-order valence-electron chi connectivity index (χ4n) is 2.52. The van der Waals surface area contributed by atoms with Gasteiger partial charge in [-0.05, 0) is 45.3 Å². The summed E-state index contributed by atoms with van der Waals surface area (Å²) in [6.07, 6.45) is 0. The number of aromatic nitrogens is 1. The van der Waals surface area contributed by atoms with Gasteiger partial charge in [0.1, 0.15) is 10.7 Å². The summed E-state index contributed by atoms with van der Waals surface area (Å²) in [5, 5.41) is 11.3. The Morgan fingerprint density at radius 2 is 2.03 bits per heavy atom. The van der Waals surface area contributed by atoms with E-state index < -0.39 is 16.7 Å². The molecule has 11 heteroatoms.